The molecule has 0 aliphatic heterocycles. The second-order valence-corrected chi connectivity index (χ2v) is 4.31. The molecule has 0 aromatic heterocycles. The molecule has 0 amide bonds. The van der Waals surface area contributed by atoms with Crippen LogP contribution in [0.25, 0.3) is 0 Å². The SMILES string of the molecule is Fc1cccc(C(CI)OCCC(F)(F)F)c1. The molecule has 0 heterocycles. The maximum absolute atomic E-state index is 12.9. The molecule has 1 aromatic carbocycles. The Morgan fingerprint density at radius 3 is 2.53 bits per heavy atom. The second-order valence-electron chi connectivity index (χ2n) is 3.43. The van der Waals surface area contributed by atoms with Crippen LogP contribution in [0, 0.1) is 5.82 Å². The first-order valence-electron chi connectivity index (χ1n) is 4.92. The minimum absolute atomic E-state index is 0.409. The number of ether oxygens (including phenoxy) is 1. The first-order valence-corrected chi connectivity index (χ1v) is 6.44. The predicted molar refractivity (Wildman–Crippen MR) is 64.7 cm³/mol. The van der Waals surface area contributed by atoms with E-state index in [4.69, 9.17) is 4.74 Å². The van der Waals surface area contributed by atoms with Gasteiger partial charge in [-0.15, -0.1) is 0 Å². The summed E-state index contributed by atoms with van der Waals surface area (Å²) in [5.41, 5.74) is 0.557. The van der Waals surface area contributed by atoms with Gasteiger partial charge in [0.25, 0.3) is 0 Å². The lowest BCUT2D eigenvalue weighted by molar-refractivity contribution is -0.148. The molecule has 1 atom stereocenters. The van der Waals surface area contributed by atoms with E-state index < -0.39 is 31.1 Å². The van der Waals surface area contributed by atoms with Gasteiger partial charge in [0.15, 0.2) is 0 Å². The van der Waals surface area contributed by atoms with Crippen LogP contribution < -0.4 is 0 Å². The monoisotopic (exact) mass is 362 g/mol. The fourth-order valence-corrected chi connectivity index (χ4v) is 2.02. The Morgan fingerprint density at radius 1 is 1.29 bits per heavy atom. The summed E-state index contributed by atoms with van der Waals surface area (Å²) >= 11 is 2.00. The van der Waals surface area contributed by atoms with Crippen LogP contribution in [-0.2, 0) is 4.74 Å². The third kappa shape index (κ3) is 5.67. The summed E-state index contributed by atoms with van der Waals surface area (Å²) in [4.78, 5) is 0. The van der Waals surface area contributed by atoms with E-state index in [9.17, 15) is 17.6 Å². The van der Waals surface area contributed by atoms with Crippen molar-refractivity contribution in [2.75, 3.05) is 11.0 Å². The average molecular weight is 362 g/mol. The molecule has 1 nitrogen and oxygen atoms in total. The van der Waals surface area contributed by atoms with Gasteiger partial charge < -0.3 is 4.74 Å². The zero-order valence-electron chi connectivity index (χ0n) is 8.81. The third-order valence-corrected chi connectivity index (χ3v) is 2.87. The largest absolute Gasteiger partial charge is 0.391 e. The van der Waals surface area contributed by atoms with Crippen LogP contribution in [0.3, 0.4) is 0 Å². The zero-order valence-corrected chi connectivity index (χ0v) is 11.0. The van der Waals surface area contributed by atoms with Gasteiger partial charge in [-0.25, -0.2) is 4.39 Å². The van der Waals surface area contributed by atoms with Crippen LogP contribution >= 0.6 is 22.6 Å². The molecule has 0 saturated carbocycles. The van der Waals surface area contributed by atoms with Crippen LogP contribution in [0.1, 0.15) is 18.1 Å². The van der Waals surface area contributed by atoms with E-state index in [-0.39, 0.29) is 0 Å². The van der Waals surface area contributed by atoms with E-state index in [1.807, 2.05) is 22.6 Å². The van der Waals surface area contributed by atoms with Crippen LogP contribution in [0.15, 0.2) is 24.3 Å². The van der Waals surface area contributed by atoms with Gasteiger partial charge in [-0.1, -0.05) is 34.7 Å². The quantitative estimate of drug-likeness (QED) is 0.432. The first-order chi connectivity index (χ1) is 7.92. The first kappa shape index (κ1) is 14.7. The summed E-state index contributed by atoms with van der Waals surface area (Å²) in [6, 6.07) is 5.71. The zero-order chi connectivity index (χ0) is 12.9. The normalized spacial score (nSPS) is 13.7. The average Bonchev–Trinajstić information content (AvgIpc) is 2.23. The molecular formula is C11H11F4IO. The fourth-order valence-electron chi connectivity index (χ4n) is 1.25. The molecule has 0 aliphatic rings. The van der Waals surface area contributed by atoms with Gasteiger partial charge in [0.1, 0.15) is 5.82 Å². The van der Waals surface area contributed by atoms with Crippen LogP contribution in [0.4, 0.5) is 17.6 Å². The Balaban J connectivity index is 2.54. The van der Waals surface area contributed by atoms with Crippen molar-refractivity contribution in [3.8, 4) is 0 Å². The van der Waals surface area contributed by atoms with Crippen molar-refractivity contribution in [1.82, 2.24) is 0 Å². The fraction of sp³-hybridized carbons (Fsp3) is 0.455. The molecule has 17 heavy (non-hydrogen) atoms. The molecule has 0 fully saturated rings. The van der Waals surface area contributed by atoms with E-state index in [2.05, 4.69) is 0 Å². The Kier molecular flexibility index (Phi) is 5.64. The number of benzene rings is 1. The number of hydrogen-bond donors (Lipinski definition) is 0. The lowest BCUT2D eigenvalue weighted by atomic mass is 10.1. The number of rotatable bonds is 5. The van der Waals surface area contributed by atoms with Gasteiger partial charge in [-0.05, 0) is 17.7 Å². The minimum atomic E-state index is -4.22. The summed E-state index contributed by atoms with van der Waals surface area (Å²) in [6.45, 7) is -0.409. The topological polar surface area (TPSA) is 9.23 Å². The van der Waals surface area contributed by atoms with Gasteiger partial charge in [0.2, 0.25) is 0 Å². The summed E-state index contributed by atoms with van der Waals surface area (Å²) in [7, 11) is 0. The molecule has 0 N–H and O–H groups in total. The predicted octanol–water partition coefficient (Wildman–Crippen LogP) is 4.27. The van der Waals surface area contributed by atoms with Gasteiger partial charge in [-0.2, -0.15) is 13.2 Å². The molecule has 0 radical (unpaired) electrons. The van der Waals surface area contributed by atoms with E-state index >= 15 is 0 Å². The maximum atomic E-state index is 12.9. The summed E-state index contributed by atoms with van der Waals surface area (Å²) in [6.07, 6.45) is -5.72. The third-order valence-electron chi connectivity index (χ3n) is 2.07. The van der Waals surface area contributed by atoms with Crippen molar-refractivity contribution in [3.05, 3.63) is 35.6 Å². The molecule has 0 spiro atoms. The van der Waals surface area contributed by atoms with E-state index in [0.29, 0.717) is 9.99 Å². The van der Waals surface area contributed by atoms with Crippen molar-refractivity contribution in [2.45, 2.75) is 18.7 Å². The summed E-state index contributed by atoms with van der Waals surface area (Å²) < 4.78 is 54.3. The van der Waals surface area contributed by atoms with E-state index in [1.54, 1.807) is 6.07 Å². The molecule has 0 aliphatic carbocycles. The standard InChI is InChI=1S/C11H11F4IO/c12-9-3-1-2-8(6-9)10(7-16)17-5-4-11(13,14)15/h1-3,6,10H,4-5,7H2. The Morgan fingerprint density at radius 2 is 2.00 bits per heavy atom. The number of halogens is 5. The molecule has 0 bridgehead atoms. The van der Waals surface area contributed by atoms with Gasteiger partial charge in [0.05, 0.1) is 19.1 Å². The second kappa shape index (κ2) is 6.53. The van der Waals surface area contributed by atoms with Crippen molar-refractivity contribution >= 4 is 22.6 Å². The molecule has 96 valence electrons. The minimum Gasteiger partial charge on any atom is -0.372 e. The van der Waals surface area contributed by atoms with Crippen LogP contribution in [0.2, 0.25) is 0 Å². The van der Waals surface area contributed by atoms with Gasteiger partial charge in [0, 0.05) is 4.43 Å². The van der Waals surface area contributed by atoms with Crippen molar-refractivity contribution in [3.63, 3.8) is 0 Å². The van der Waals surface area contributed by atoms with Crippen molar-refractivity contribution in [2.24, 2.45) is 0 Å². The highest BCUT2D eigenvalue weighted by atomic mass is 127. The van der Waals surface area contributed by atoms with Crippen molar-refractivity contribution < 1.29 is 22.3 Å². The van der Waals surface area contributed by atoms with E-state index in [0.717, 1.165) is 0 Å². The molecule has 0 saturated heterocycles. The lowest BCUT2D eigenvalue weighted by Gasteiger charge is -2.16. The smallest absolute Gasteiger partial charge is 0.372 e. The number of hydrogen-bond acceptors (Lipinski definition) is 1. The molecule has 1 unspecified atom stereocenters. The highest BCUT2D eigenvalue weighted by Crippen LogP contribution is 2.24. The van der Waals surface area contributed by atoms with Gasteiger partial charge in [-0.3, -0.25) is 0 Å². The Bertz CT molecular complexity index is 354. The summed E-state index contributed by atoms with van der Waals surface area (Å²) in [5, 5.41) is 0. The Hall–Kier alpha value is -0.370. The number of alkyl halides is 4. The molecule has 6 heteroatoms. The highest BCUT2D eigenvalue weighted by Gasteiger charge is 2.27. The highest BCUT2D eigenvalue weighted by molar-refractivity contribution is 14.1. The van der Waals surface area contributed by atoms with Crippen LogP contribution in [-0.4, -0.2) is 17.2 Å². The molecular weight excluding hydrogens is 351 g/mol. The molecule has 1 aromatic rings. The van der Waals surface area contributed by atoms with Crippen molar-refractivity contribution in [1.29, 1.82) is 0 Å². The molecule has 1 rings (SSSR count). The van der Waals surface area contributed by atoms with E-state index in [1.165, 1.54) is 18.2 Å². The van der Waals surface area contributed by atoms with Crippen LogP contribution in [0.5, 0.6) is 0 Å². The lowest BCUT2D eigenvalue weighted by Crippen LogP contribution is -2.14. The van der Waals surface area contributed by atoms with Gasteiger partial charge >= 0.3 is 6.18 Å². The maximum Gasteiger partial charge on any atom is 0.391 e. The Labute approximate surface area is 110 Å². The summed E-state index contributed by atoms with van der Waals surface area (Å²) in [5.74, 6) is -0.420.